The predicted octanol–water partition coefficient (Wildman–Crippen LogP) is 6.23. The lowest BCUT2D eigenvalue weighted by molar-refractivity contribution is 0.0985. The van der Waals surface area contributed by atoms with Crippen molar-refractivity contribution in [2.45, 2.75) is 13.3 Å². The average Bonchev–Trinajstić information content (AvgIpc) is 2.90. The zero-order valence-corrected chi connectivity index (χ0v) is 19.7. The number of carbonyl (C=O) groups excluding carboxylic acids is 2. The van der Waals surface area contributed by atoms with Crippen LogP contribution < -0.4 is 15.0 Å². The second-order valence-corrected chi connectivity index (χ2v) is 8.03. The SMILES string of the molecule is CCN(C(=O)c1cccc(NC(=O)c2cccc(OCCc3ccccc3)c2)c1)c1ccccc1. The third-order valence-electron chi connectivity index (χ3n) is 5.60. The predicted molar refractivity (Wildman–Crippen MR) is 140 cm³/mol. The molecule has 0 aliphatic rings. The van der Waals surface area contributed by atoms with Crippen LogP contribution in [-0.2, 0) is 6.42 Å². The quantitative estimate of drug-likeness (QED) is 0.320. The smallest absolute Gasteiger partial charge is 0.258 e. The minimum Gasteiger partial charge on any atom is -0.493 e. The number of ether oxygens (including phenoxy) is 1. The van der Waals surface area contributed by atoms with Crippen LogP contribution in [0.5, 0.6) is 5.75 Å². The summed E-state index contributed by atoms with van der Waals surface area (Å²) in [6.07, 6.45) is 0.788. The molecular formula is C30H28N2O3. The molecule has 4 aromatic carbocycles. The lowest BCUT2D eigenvalue weighted by Crippen LogP contribution is -2.30. The van der Waals surface area contributed by atoms with E-state index in [1.807, 2.05) is 61.5 Å². The van der Waals surface area contributed by atoms with Crippen molar-refractivity contribution < 1.29 is 14.3 Å². The molecule has 4 rings (SSSR count). The number of hydrogen-bond acceptors (Lipinski definition) is 3. The maximum absolute atomic E-state index is 13.1. The Morgan fingerprint density at radius 3 is 2.20 bits per heavy atom. The van der Waals surface area contributed by atoms with Crippen molar-refractivity contribution in [2.75, 3.05) is 23.4 Å². The third-order valence-corrected chi connectivity index (χ3v) is 5.60. The van der Waals surface area contributed by atoms with Crippen LogP contribution in [0.25, 0.3) is 0 Å². The Labute approximate surface area is 206 Å². The zero-order chi connectivity index (χ0) is 24.5. The number of nitrogens with one attached hydrogen (secondary N) is 1. The van der Waals surface area contributed by atoms with Gasteiger partial charge in [0.2, 0.25) is 0 Å². The van der Waals surface area contributed by atoms with E-state index in [1.165, 1.54) is 5.56 Å². The molecular weight excluding hydrogens is 436 g/mol. The Morgan fingerprint density at radius 2 is 1.46 bits per heavy atom. The standard InChI is InChI=1S/C30H28N2O3/c1-2-32(27-16-7-4-8-17-27)30(34)25-14-9-15-26(21-25)31-29(33)24-13-10-18-28(22-24)35-20-19-23-11-5-3-6-12-23/h3-18,21-22H,2,19-20H2,1H3,(H,31,33). The summed E-state index contributed by atoms with van der Waals surface area (Å²) in [5.74, 6) is 0.251. The van der Waals surface area contributed by atoms with Gasteiger partial charge in [-0.3, -0.25) is 9.59 Å². The molecule has 35 heavy (non-hydrogen) atoms. The van der Waals surface area contributed by atoms with Crippen LogP contribution in [-0.4, -0.2) is 25.0 Å². The normalized spacial score (nSPS) is 10.4. The highest BCUT2D eigenvalue weighted by molar-refractivity contribution is 6.08. The molecule has 176 valence electrons. The zero-order valence-electron chi connectivity index (χ0n) is 19.7. The Morgan fingerprint density at radius 1 is 0.771 bits per heavy atom. The number of hydrogen-bond donors (Lipinski definition) is 1. The van der Waals surface area contributed by atoms with Crippen molar-refractivity contribution in [2.24, 2.45) is 0 Å². The van der Waals surface area contributed by atoms with E-state index in [4.69, 9.17) is 4.74 Å². The van der Waals surface area contributed by atoms with Gasteiger partial charge in [0.25, 0.3) is 11.8 Å². The van der Waals surface area contributed by atoms with Crippen molar-refractivity contribution in [1.82, 2.24) is 0 Å². The fourth-order valence-corrected chi connectivity index (χ4v) is 3.80. The van der Waals surface area contributed by atoms with E-state index >= 15 is 0 Å². The van der Waals surface area contributed by atoms with Crippen LogP contribution >= 0.6 is 0 Å². The van der Waals surface area contributed by atoms with E-state index in [-0.39, 0.29) is 11.8 Å². The van der Waals surface area contributed by atoms with Crippen LogP contribution in [0.15, 0.2) is 109 Å². The van der Waals surface area contributed by atoms with Gasteiger partial charge in [0.15, 0.2) is 0 Å². The minimum atomic E-state index is -0.265. The van der Waals surface area contributed by atoms with E-state index in [9.17, 15) is 9.59 Å². The monoisotopic (exact) mass is 464 g/mol. The number of carbonyl (C=O) groups is 2. The summed E-state index contributed by atoms with van der Waals surface area (Å²) in [7, 11) is 0. The highest BCUT2D eigenvalue weighted by Gasteiger charge is 2.17. The second-order valence-electron chi connectivity index (χ2n) is 8.03. The van der Waals surface area contributed by atoms with E-state index in [0.717, 1.165) is 12.1 Å². The number of rotatable bonds is 9. The van der Waals surface area contributed by atoms with Gasteiger partial charge in [0.1, 0.15) is 5.75 Å². The Hall–Kier alpha value is -4.38. The van der Waals surface area contributed by atoms with Gasteiger partial charge in [-0.1, -0.05) is 60.7 Å². The molecule has 0 aliphatic carbocycles. The summed E-state index contributed by atoms with van der Waals surface area (Å²) in [4.78, 5) is 27.7. The molecule has 1 N–H and O–H groups in total. The lowest BCUT2D eigenvalue weighted by Gasteiger charge is -2.21. The van der Waals surface area contributed by atoms with Gasteiger partial charge >= 0.3 is 0 Å². The summed E-state index contributed by atoms with van der Waals surface area (Å²) in [5, 5.41) is 2.89. The molecule has 0 saturated heterocycles. The molecule has 0 radical (unpaired) electrons. The Bertz CT molecular complexity index is 1270. The maximum atomic E-state index is 13.1. The molecule has 0 atom stereocenters. The first-order valence-corrected chi connectivity index (χ1v) is 11.7. The molecule has 4 aromatic rings. The van der Waals surface area contributed by atoms with Crippen molar-refractivity contribution >= 4 is 23.2 Å². The van der Waals surface area contributed by atoms with Crippen molar-refractivity contribution in [3.63, 3.8) is 0 Å². The van der Waals surface area contributed by atoms with E-state index in [1.54, 1.807) is 47.4 Å². The van der Waals surface area contributed by atoms with Gasteiger partial charge in [-0.05, 0) is 61.0 Å². The summed E-state index contributed by atoms with van der Waals surface area (Å²) in [5.41, 5.74) is 3.58. The number of anilines is 2. The lowest BCUT2D eigenvalue weighted by atomic mass is 10.1. The van der Waals surface area contributed by atoms with Crippen molar-refractivity contribution in [1.29, 1.82) is 0 Å². The van der Waals surface area contributed by atoms with E-state index in [2.05, 4.69) is 17.4 Å². The molecule has 0 aromatic heterocycles. The first-order chi connectivity index (χ1) is 17.1. The second kappa shape index (κ2) is 11.7. The van der Waals surface area contributed by atoms with Crippen molar-refractivity contribution in [3.8, 4) is 5.75 Å². The van der Waals surface area contributed by atoms with Crippen LogP contribution in [0, 0.1) is 0 Å². The largest absolute Gasteiger partial charge is 0.493 e. The average molecular weight is 465 g/mol. The van der Waals surface area contributed by atoms with Crippen LogP contribution in [0.4, 0.5) is 11.4 Å². The van der Waals surface area contributed by atoms with Crippen LogP contribution in [0.1, 0.15) is 33.2 Å². The summed E-state index contributed by atoms with van der Waals surface area (Å²) in [6.45, 7) is 3.00. The first kappa shape index (κ1) is 23.8. The number of para-hydroxylation sites is 1. The molecule has 5 nitrogen and oxygen atoms in total. The molecule has 0 aliphatic heterocycles. The van der Waals surface area contributed by atoms with Gasteiger partial charge < -0.3 is 15.0 Å². The molecule has 5 heteroatoms. The molecule has 0 spiro atoms. The van der Waals surface area contributed by atoms with Gasteiger partial charge in [0.05, 0.1) is 6.61 Å². The van der Waals surface area contributed by atoms with Crippen LogP contribution in [0.2, 0.25) is 0 Å². The van der Waals surface area contributed by atoms with E-state index < -0.39 is 0 Å². The molecule has 0 saturated carbocycles. The highest BCUT2D eigenvalue weighted by atomic mass is 16.5. The van der Waals surface area contributed by atoms with E-state index in [0.29, 0.717) is 35.7 Å². The fraction of sp³-hybridized carbons (Fsp3) is 0.133. The van der Waals surface area contributed by atoms with Gasteiger partial charge in [0, 0.05) is 35.5 Å². The molecule has 0 fully saturated rings. The van der Waals surface area contributed by atoms with Crippen molar-refractivity contribution in [3.05, 3.63) is 126 Å². The Balaban J connectivity index is 1.40. The molecule has 0 heterocycles. The molecule has 0 unspecified atom stereocenters. The summed E-state index contributed by atoms with van der Waals surface area (Å²) in [6, 6.07) is 33.7. The molecule has 0 bridgehead atoms. The fourth-order valence-electron chi connectivity index (χ4n) is 3.80. The van der Waals surface area contributed by atoms with Crippen LogP contribution in [0.3, 0.4) is 0 Å². The summed E-state index contributed by atoms with van der Waals surface area (Å²) >= 11 is 0. The topological polar surface area (TPSA) is 58.6 Å². The van der Waals surface area contributed by atoms with Gasteiger partial charge in [-0.2, -0.15) is 0 Å². The van der Waals surface area contributed by atoms with Gasteiger partial charge in [-0.15, -0.1) is 0 Å². The third kappa shape index (κ3) is 6.36. The molecule has 2 amide bonds. The number of amides is 2. The Kier molecular flexibility index (Phi) is 7.92. The number of benzene rings is 4. The summed E-state index contributed by atoms with van der Waals surface area (Å²) < 4.78 is 5.85. The minimum absolute atomic E-state index is 0.122. The number of nitrogens with zero attached hydrogens (tertiary/aromatic N) is 1. The maximum Gasteiger partial charge on any atom is 0.258 e. The van der Waals surface area contributed by atoms with Gasteiger partial charge in [-0.25, -0.2) is 0 Å². The highest BCUT2D eigenvalue weighted by Crippen LogP contribution is 2.20. The first-order valence-electron chi connectivity index (χ1n) is 11.7.